The average molecular weight is 263 g/mol. The van der Waals surface area contributed by atoms with E-state index >= 15 is 0 Å². The highest BCUT2D eigenvalue weighted by Gasteiger charge is 2.27. The van der Waals surface area contributed by atoms with Crippen LogP contribution in [-0.4, -0.2) is 42.2 Å². The maximum atomic E-state index is 5.62. The summed E-state index contributed by atoms with van der Waals surface area (Å²) in [5.74, 6) is 0. The molecular weight excluding hydrogens is 238 g/mol. The molecule has 1 N–H and O–H groups in total. The molecule has 4 heteroatoms. The molecule has 2 heterocycles. The van der Waals surface area contributed by atoms with Crippen molar-refractivity contribution in [2.24, 2.45) is 0 Å². The van der Waals surface area contributed by atoms with Gasteiger partial charge in [0, 0.05) is 31.9 Å². The fourth-order valence-corrected chi connectivity index (χ4v) is 2.59. The molecule has 4 nitrogen and oxygen atoms in total. The van der Waals surface area contributed by atoms with Crippen molar-refractivity contribution >= 4 is 0 Å². The quantitative estimate of drug-likeness (QED) is 0.849. The lowest BCUT2D eigenvalue weighted by atomic mass is 10.1. The summed E-state index contributed by atoms with van der Waals surface area (Å²) in [6.45, 7) is 7.92. The number of nitrogens with one attached hydrogen (secondary N) is 1. The van der Waals surface area contributed by atoms with Crippen molar-refractivity contribution in [3.63, 3.8) is 0 Å². The van der Waals surface area contributed by atoms with Gasteiger partial charge in [0.1, 0.15) is 0 Å². The molecule has 1 fully saturated rings. The van der Waals surface area contributed by atoms with Crippen molar-refractivity contribution in [1.82, 2.24) is 15.2 Å². The van der Waals surface area contributed by atoms with Gasteiger partial charge in [0.05, 0.1) is 11.8 Å². The fraction of sp³-hybridized carbons (Fsp3) is 0.667. The minimum atomic E-state index is 0.332. The van der Waals surface area contributed by atoms with Crippen LogP contribution in [-0.2, 0) is 17.8 Å². The Kier molecular flexibility index (Phi) is 5.31. The molecule has 0 radical (unpaired) electrons. The molecule has 106 valence electrons. The number of rotatable bonds is 6. The maximum Gasteiger partial charge on any atom is 0.0703 e. The first kappa shape index (κ1) is 14.4. The van der Waals surface area contributed by atoms with Crippen molar-refractivity contribution in [3.05, 3.63) is 29.6 Å². The lowest BCUT2D eigenvalue weighted by molar-refractivity contribution is 0.0810. The van der Waals surface area contributed by atoms with Gasteiger partial charge in [-0.05, 0) is 38.6 Å². The molecule has 0 aromatic carbocycles. The number of aromatic nitrogens is 1. The fourth-order valence-electron chi connectivity index (χ4n) is 2.59. The van der Waals surface area contributed by atoms with Gasteiger partial charge in [0.15, 0.2) is 0 Å². The van der Waals surface area contributed by atoms with E-state index in [0.29, 0.717) is 12.1 Å². The number of ether oxygens (including phenoxy) is 1. The van der Waals surface area contributed by atoms with Gasteiger partial charge in [-0.25, -0.2) is 0 Å². The Morgan fingerprint density at radius 3 is 2.89 bits per heavy atom. The van der Waals surface area contributed by atoms with E-state index < -0.39 is 0 Å². The van der Waals surface area contributed by atoms with Crippen molar-refractivity contribution in [3.8, 4) is 0 Å². The topological polar surface area (TPSA) is 37.4 Å². The molecule has 0 saturated carbocycles. The summed E-state index contributed by atoms with van der Waals surface area (Å²) >= 11 is 0. The van der Waals surface area contributed by atoms with Gasteiger partial charge in [-0.1, -0.05) is 13.0 Å². The molecule has 1 aliphatic rings. The van der Waals surface area contributed by atoms with Crippen molar-refractivity contribution in [2.75, 3.05) is 20.2 Å². The van der Waals surface area contributed by atoms with E-state index in [4.69, 9.17) is 4.74 Å². The molecule has 0 aliphatic carbocycles. The molecule has 2 atom stereocenters. The van der Waals surface area contributed by atoms with E-state index in [2.05, 4.69) is 48.2 Å². The van der Waals surface area contributed by atoms with Crippen molar-refractivity contribution in [1.29, 1.82) is 0 Å². The Labute approximate surface area is 116 Å². The molecule has 1 aromatic rings. The third-order valence-electron chi connectivity index (χ3n) is 3.78. The van der Waals surface area contributed by atoms with E-state index in [1.165, 1.54) is 5.56 Å². The largest absolute Gasteiger partial charge is 0.377 e. The number of hydrogen-bond acceptors (Lipinski definition) is 4. The summed E-state index contributed by atoms with van der Waals surface area (Å²) in [5, 5.41) is 3.31. The second-order valence-corrected chi connectivity index (χ2v) is 5.29. The second-order valence-electron chi connectivity index (χ2n) is 5.29. The Balaban J connectivity index is 1.88. The third-order valence-corrected chi connectivity index (χ3v) is 3.78. The summed E-state index contributed by atoms with van der Waals surface area (Å²) in [4.78, 5) is 6.90. The average Bonchev–Trinajstić information content (AvgIpc) is 2.84. The Hall–Kier alpha value is -0.970. The van der Waals surface area contributed by atoms with E-state index in [-0.39, 0.29) is 0 Å². The molecule has 0 spiro atoms. The molecular formula is C15H25N3O. The van der Waals surface area contributed by atoms with Crippen LogP contribution < -0.4 is 5.32 Å². The minimum Gasteiger partial charge on any atom is -0.377 e. The van der Waals surface area contributed by atoms with Crippen molar-refractivity contribution in [2.45, 2.75) is 45.5 Å². The van der Waals surface area contributed by atoms with Crippen LogP contribution in [0.15, 0.2) is 18.3 Å². The van der Waals surface area contributed by atoms with Gasteiger partial charge >= 0.3 is 0 Å². The summed E-state index contributed by atoms with van der Waals surface area (Å²) in [6.07, 6.45) is 3.43. The van der Waals surface area contributed by atoms with Crippen LogP contribution in [0.3, 0.4) is 0 Å². The first-order chi connectivity index (χ1) is 9.20. The van der Waals surface area contributed by atoms with Gasteiger partial charge < -0.3 is 10.1 Å². The maximum absolute atomic E-state index is 5.62. The first-order valence-electron chi connectivity index (χ1n) is 7.17. The number of hydrogen-bond donors (Lipinski definition) is 1. The van der Waals surface area contributed by atoms with Crippen LogP contribution in [0.1, 0.15) is 31.5 Å². The number of likely N-dealkylation sites (N-methyl/N-ethyl adjacent to an activating group) is 1. The van der Waals surface area contributed by atoms with Gasteiger partial charge in [-0.3, -0.25) is 9.88 Å². The molecule has 1 aromatic heterocycles. The first-order valence-corrected chi connectivity index (χ1v) is 7.17. The summed E-state index contributed by atoms with van der Waals surface area (Å²) in [7, 11) is 2.16. The Bertz CT molecular complexity index is 379. The predicted octanol–water partition coefficient (Wildman–Crippen LogP) is 1.80. The van der Waals surface area contributed by atoms with Crippen LogP contribution >= 0.6 is 0 Å². The predicted molar refractivity (Wildman–Crippen MR) is 76.9 cm³/mol. The zero-order chi connectivity index (χ0) is 13.7. The van der Waals surface area contributed by atoms with Gasteiger partial charge in [-0.2, -0.15) is 0 Å². The lowest BCUT2D eigenvalue weighted by Crippen LogP contribution is -2.36. The van der Waals surface area contributed by atoms with E-state index in [1.807, 2.05) is 6.20 Å². The Morgan fingerprint density at radius 2 is 2.32 bits per heavy atom. The summed E-state index contributed by atoms with van der Waals surface area (Å²) < 4.78 is 5.62. The molecule has 0 bridgehead atoms. The van der Waals surface area contributed by atoms with Crippen LogP contribution in [0.4, 0.5) is 0 Å². The third kappa shape index (κ3) is 4.00. The monoisotopic (exact) mass is 263 g/mol. The SMILES string of the molecule is CCNCc1ccc(CN(C)C2CCOC2C)nc1. The highest BCUT2D eigenvalue weighted by atomic mass is 16.5. The van der Waals surface area contributed by atoms with Gasteiger partial charge in [0.25, 0.3) is 0 Å². The van der Waals surface area contributed by atoms with E-state index in [9.17, 15) is 0 Å². The highest BCUT2D eigenvalue weighted by Crippen LogP contribution is 2.19. The van der Waals surface area contributed by atoms with E-state index in [1.54, 1.807) is 0 Å². The summed E-state index contributed by atoms with van der Waals surface area (Å²) in [5.41, 5.74) is 2.37. The zero-order valence-corrected chi connectivity index (χ0v) is 12.2. The van der Waals surface area contributed by atoms with Crippen LogP contribution in [0, 0.1) is 0 Å². The summed E-state index contributed by atoms with van der Waals surface area (Å²) in [6, 6.07) is 4.81. The second kappa shape index (κ2) is 6.98. The Morgan fingerprint density at radius 1 is 1.47 bits per heavy atom. The zero-order valence-electron chi connectivity index (χ0n) is 12.2. The highest BCUT2D eigenvalue weighted by molar-refractivity contribution is 5.14. The normalized spacial score (nSPS) is 23.2. The van der Waals surface area contributed by atoms with Gasteiger partial charge in [-0.15, -0.1) is 0 Å². The minimum absolute atomic E-state index is 0.332. The molecule has 1 saturated heterocycles. The molecule has 1 aliphatic heterocycles. The molecule has 0 amide bonds. The number of nitrogens with zero attached hydrogens (tertiary/aromatic N) is 2. The van der Waals surface area contributed by atoms with Gasteiger partial charge in [0.2, 0.25) is 0 Å². The van der Waals surface area contributed by atoms with Crippen molar-refractivity contribution < 1.29 is 4.74 Å². The molecule has 2 rings (SSSR count). The smallest absolute Gasteiger partial charge is 0.0703 e. The molecule has 2 unspecified atom stereocenters. The number of pyridine rings is 1. The van der Waals surface area contributed by atoms with Crippen LogP contribution in [0.25, 0.3) is 0 Å². The lowest BCUT2D eigenvalue weighted by Gasteiger charge is -2.26. The standard InChI is InChI=1S/C15H25N3O/c1-4-16-9-13-5-6-14(17-10-13)11-18(3)15-7-8-19-12(15)2/h5-6,10,12,15-16H,4,7-9,11H2,1-3H3. The molecule has 19 heavy (non-hydrogen) atoms. The van der Waals surface area contributed by atoms with Crippen LogP contribution in [0.5, 0.6) is 0 Å². The van der Waals surface area contributed by atoms with E-state index in [0.717, 1.165) is 38.4 Å². The van der Waals surface area contributed by atoms with Crippen LogP contribution in [0.2, 0.25) is 0 Å².